The molecule has 0 aliphatic rings. The minimum Gasteiger partial charge on any atom is -0.481 e. The van der Waals surface area contributed by atoms with Gasteiger partial charge in [0.2, 0.25) is 17.7 Å². The molecule has 0 fully saturated rings. The lowest BCUT2D eigenvalue weighted by atomic mass is 10.0. The second kappa shape index (κ2) is 14.9. The molecule has 0 aliphatic heterocycles. The second-order valence-electron chi connectivity index (χ2n) is 8.03. The topological polar surface area (TPSA) is 252 Å². The third kappa shape index (κ3) is 11.3. The van der Waals surface area contributed by atoms with Gasteiger partial charge in [0.1, 0.15) is 18.1 Å². The van der Waals surface area contributed by atoms with Crippen molar-refractivity contribution in [3.8, 4) is 0 Å². The zero-order valence-corrected chi connectivity index (χ0v) is 19.8. The number of aliphatic imine (C=N–C) groups is 1. The third-order valence-electron chi connectivity index (χ3n) is 4.95. The van der Waals surface area contributed by atoms with Gasteiger partial charge in [0.05, 0.1) is 12.5 Å². The predicted octanol–water partition coefficient (Wildman–Crippen LogP) is -2.36. The Morgan fingerprint density at radius 3 is 2.06 bits per heavy atom. The van der Waals surface area contributed by atoms with Gasteiger partial charge >= 0.3 is 11.9 Å². The second-order valence-corrected chi connectivity index (χ2v) is 8.03. The fourth-order valence-corrected chi connectivity index (χ4v) is 3.04. The molecule has 4 unspecified atom stereocenters. The van der Waals surface area contributed by atoms with Crippen molar-refractivity contribution in [3.05, 3.63) is 35.9 Å². The van der Waals surface area contributed by atoms with Crippen LogP contribution in [0.5, 0.6) is 0 Å². The summed E-state index contributed by atoms with van der Waals surface area (Å²) in [6, 6.07) is 3.67. The average Bonchev–Trinajstić information content (AvgIpc) is 2.80. The highest BCUT2D eigenvalue weighted by Gasteiger charge is 2.29. The monoisotopic (exact) mass is 507 g/mol. The first kappa shape index (κ1) is 29.8. The van der Waals surface area contributed by atoms with Crippen molar-refractivity contribution < 1.29 is 34.2 Å². The highest BCUT2D eigenvalue weighted by Crippen LogP contribution is 2.07. The summed E-state index contributed by atoms with van der Waals surface area (Å²) in [6.45, 7) is 1.42. The van der Waals surface area contributed by atoms with E-state index in [0.717, 1.165) is 0 Å². The number of carbonyl (C=O) groups is 5. The summed E-state index contributed by atoms with van der Waals surface area (Å²) < 4.78 is 0. The molecule has 198 valence electrons. The Morgan fingerprint density at radius 1 is 0.917 bits per heavy atom. The minimum absolute atomic E-state index is 0.0199. The smallest absolute Gasteiger partial charge is 0.325 e. The first-order valence-corrected chi connectivity index (χ1v) is 11.1. The van der Waals surface area contributed by atoms with Gasteiger partial charge in [0.25, 0.3) is 0 Å². The third-order valence-corrected chi connectivity index (χ3v) is 4.95. The van der Waals surface area contributed by atoms with Crippen molar-refractivity contribution >= 4 is 35.6 Å². The molecule has 1 aromatic carbocycles. The van der Waals surface area contributed by atoms with Crippen LogP contribution in [0.15, 0.2) is 35.3 Å². The molecule has 0 spiro atoms. The van der Waals surface area contributed by atoms with E-state index in [1.165, 1.54) is 6.92 Å². The lowest BCUT2D eigenvalue weighted by molar-refractivity contribution is -0.141. The van der Waals surface area contributed by atoms with Crippen LogP contribution in [-0.4, -0.2) is 76.5 Å². The van der Waals surface area contributed by atoms with Crippen molar-refractivity contribution in [2.75, 3.05) is 6.54 Å². The molecule has 0 saturated heterocycles. The highest BCUT2D eigenvalue weighted by molar-refractivity contribution is 5.94. The van der Waals surface area contributed by atoms with Crippen molar-refractivity contribution in [1.82, 2.24) is 16.0 Å². The molecule has 0 aliphatic carbocycles. The fourth-order valence-electron chi connectivity index (χ4n) is 3.04. The minimum atomic E-state index is -1.40. The van der Waals surface area contributed by atoms with Gasteiger partial charge in [0, 0.05) is 13.0 Å². The summed E-state index contributed by atoms with van der Waals surface area (Å²) in [7, 11) is 0. The lowest BCUT2D eigenvalue weighted by Crippen LogP contribution is -2.57. The average molecular weight is 508 g/mol. The van der Waals surface area contributed by atoms with E-state index in [2.05, 4.69) is 20.9 Å². The van der Waals surface area contributed by atoms with Gasteiger partial charge in [-0.05, 0) is 25.3 Å². The van der Waals surface area contributed by atoms with Gasteiger partial charge in [-0.1, -0.05) is 30.3 Å². The van der Waals surface area contributed by atoms with Crippen LogP contribution in [0, 0.1) is 0 Å². The van der Waals surface area contributed by atoms with E-state index >= 15 is 0 Å². The highest BCUT2D eigenvalue weighted by atomic mass is 16.4. The molecule has 1 aromatic rings. The number of guanidine groups is 1. The number of aliphatic carboxylic acids is 2. The SMILES string of the molecule is CC(NC(=O)C(CCCN=C(N)N)NC(=O)C(Cc1ccccc1)NC(=O)C(N)CC(=O)O)C(=O)O. The number of carboxylic acid groups (broad SMARTS) is 2. The number of carbonyl (C=O) groups excluding carboxylic acids is 3. The Labute approximate surface area is 207 Å². The van der Waals surface area contributed by atoms with Gasteiger partial charge < -0.3 is 43.4 Å². The van der Waals surface area contributed by atoms with E-state index in [4.69, 9.17) is 27.4 Å². The van der Waals surface area contributed by atoms with E-state index < -0.39 is 60.2 Å². The molecule has 0 bridgehead atoms. The standard InChI is InChI=1S/C22H33N7O7/c1-12(21(35)36)27-19(33)15(8-5-9-26-22(24)25)28-20(34)16(10-13-6-3-2-4-7-13)29-18(32)14(23)11-17(30)31/h2-4,6-7,12,14-16H,5,8-11,23H2,1H3,(H,27,33)(H,28,34)(H,29,32)(H,30,31)(H,35,36)(H4,24,25,26). The Hall–Kier alpha value is -4.20. The largest absolute Gasteiger partial charge is 0.481 e. The van der Waals surface area contributed by atoms with E-state index in [0.29, 0.717) is 5.56 Å². The van der Waals surface area contributed by atoms with Crippen LogP contribution in [-0.2, 0) is 30.4 Å². The fraction of sp³-hybridized carbons (Fsp3) is 0.455. The van der Waals surface area contributed by atoms with Crippen LogP contribution in [0.2, 0.25) is 0 Å². The van der Waals surface area contributed by atoms with Gasteiger partial charge in [-0.3, -0.25) is 29.0 Å². The van der Waals surface area contributed by atoms with Gasteiger partial charge in [0.15, 0.2) is 5.96 Å². The normalized spacial score (nSPS) is 13.8. The molecule has 14 heteroatoms. The molecule has 11 N–H and O–H groups in total. The Balaban J connectivity index is 3.08. The number of nitrogens with zero attached hydrogens (tertiary/aromatic N) is 1. The maximum absolute atomic E-state index is 13.2. The first-order chi connectivity index (χ1) is 16.9. The van der Waals surface area contributed by atoms with Crippen LogP contribution in [0.3, 0.4) is 0 Å². The summed E-state index contributed by atoms with van der Waals surface area (Å²) in [4.78, 5) is 64.1. The molecular formula is C22H33N7O7. The number of carboxylic acids is 2. The van der Waals surface area contributed by atoms with Gasteiger partial charge in [-0.15, -0.1) is 0 Å². The van der Waals surface area contributed by atoms with E-state index in [9.17, 15) is 24.0 Å². The molecule has 0 saturated carbocycles. The molecular weight excluding hydrogens is 474 g/mol. The Bertz CT molecular complexity index is 951. The summed E-state index contributed by atoms with van der Waals surface area (Å²) in [6.07, 6.45) is -0.289. The molecule has 36 heavy (non-hydrogen) atoms. The summed E-state index contributed by atoms with van der Waals surface area (Å²) in [5.74, 6) is -5.07. The van der Waals surface area contributed by atoms with Crippen LogP contribution in [0.4, 0.5) is 0 Å². The van der Waals surface area contributed by atoms with Crippen LogP contribution in [0.1, 0.15) is 31.7 Å². The molecule has 0 radical (unpaired) electrons. The van der Waals surface area contributed by atoms with Crippen LogP contribution in [0.25, 0.3) is 0 Å². The first-order valence-electron chi connectivity index (χ1n) is 11.1. The molecule has 4 atom stereocenters. The number of nitrogens with two attached hydrogens (primary N) is 3. The number of nitrogens with one attached hydrogen (secondary N) is 3. The maximum atomic E-state index is 13.2. The van der Waals surface area contributed by atoms with Crippen molar-refractivity contribution in [2.45, 2.75) is 56.8 Å². The molecule has 1 rings (SSSR count). The maximum Gasteiger partial charge on any atom is 0.325 e. The summed E-state index contributed by atoms with van der Waals surface area (Å²) in [5.41, 5.74) is 16.9. The van der Waals surface area contributed by atoms with Crippen molar-refractivity contribution in [2.24, 2.45) is 22.2 Å². The van der Waals surface area contributed by atoms with E-state index in [-0.39, 0.29) is 31.8 Å². The molecule has 0 aromatic heterocycles. The molecule has 3 amide bonds. The summed E-state index contributed by atoms with van der Waals surface area (Å²) >= 11 is 0. The van der Waals surface area contributed by atoms with Crippen molar-refractivity contribution in [1.29, 1.82) is 0 Å². The van der Waals surface area contributed by atoms with E-state index in [1.54, 1.807) is 30.3 Å². The van der Waals surface area contributed by atoms with Gasteiger partial charge in [-0.25, -0.2) is 0 Å². The van der Waals surface area contributed by atoms with Crippen molar-refractivity contribution in [3.63, 3.8) is 0 Å². The number of hydrogen-bond donors (Lipinski definition) is 8. The Morgan fingerprint density at radius 2 is 1.50 bits per heavy atom. The van der Waals surface area contributed by atoms with Crippen LogP contribution < -0.4 is 33.2 Å². The van der Waals surface area contributed by atoms with Crippen LogP contribution >= 0.6 is 0 Å². The zero-order chi connectivity index (χ0) is 27.3. The number of amides is 3. The number of rotatable bonds is 15. The number of benzene rings is 1. The predicted molar refractivity (Wildman–Crippen MR) is 129 cm³/mol. The Kier molecular flexibility index (Phi) is 12.4. The molecule has 0 heterocycles. The quantitative estimate of drug-likeness (QED) is 0.0712. The number of hydrogen-bond acceptors (Lipinski definition) is 7. The summed E-state index contributed by atoms with van der Waals surface area (Å²) in [5, 5.41) is 25.2. The van der Waals surface area contributed by atoms with E-state index in [1.807, 2.05) is 0 Å². The lowest BCUT2D eigenvalue weighted by Gasteiger charge is -2.24. The molecule has 14 nitrogen and oxygen atoms in total. The zero-order valence-electron chi connectivity index (χ0n) is 19.8. The van der Waals surface area contributed by atoms with Gasteiger partial charge in [-0.2, -0.15) is 0 Å².